The van der Waals surface area contributed by atoms with E-state index in [1.54, 1.807) is 0 Å². The Balaban J connectivity index is 1.78. The number of halogens is 1. The Bertz CT molecular complexity index is 952. The summed E-state index contributed by atoms with van der Waals surface area (Å²) in [5.41, 5.74) is 6.18. The highest BCUT2D eigenvalue weighted by atomic mass is 79.9. The van der Waals surface area contributed by atoms with Crippen molar-refractivity contribution in [2.45, 2.75) is 26.7 Å². The van der Waals surface area contributed by atoms with E-state index in [0.29, 0.717) is 0 Å². The second-order valence-corrected chi connectivity index (χ2v) is 7.40. The van der Waals surface area contributed by atoms with Gasteiger partial charge < -0.3 is 5.32 Å². The van der Waals surface area contributed by atoms with Crippen LogP contribution in [0.4, 0.5) is 5.69 Å². The van der Waals surface area contributed by atoms with Gasteiger partial charge in [0, 0.05) is 22.1 Å². The number of hydrogen-bond acceptors (Lipinski definition) is 2. The number of amides is 1. The first-order valence-electron chi connectivity index (χ1n) is 8.54. The van der Waals surface area contributed by atoms with E-state index in [-0.39, 0.29) is 11.8 Å². The first-order valence-corrected chi connectivity index (χ1v) is 9.33. The maximum Gasteiger partial charge on any atom is 0.231 e. The SMILES string of the molecule is Cc1cc(-c2ccc(NC(=O)C(C)c3cccc(Br)c3)cc2C)ccn1. The molecule has 0 aliphatic heterocycles. The number of aromatic nitrogens is 1. The van der Waals surface area contributed by atoms with Gasteiger partial charge >= 0.3 is 0 Å². The predicted molar refractivity (Wildman–Crippen MR) is 110 cm³/mol. The average Bonchev–Trinajstić information content (AvgIpc) is 2.61. The fraction of sp³-hybridized carbons (Fsp3) is 0.182. The molecule has 0 aliphatic carbocycles. The maximum absolute atomic E-state index is 12.6. The summed E-state index contributed by atoms with van der Waals surface area (Å²) in [5.74, 6) is -0.245. The molecule has 3 rings (SSSR count). The summed E-state index contributed by atoms with van der Waals surface area (Å²) in [7, 11) is 0. The smallest absolute Gasteiger partial charge is 0.231 e. The van der Waals surface area contributed by atoms with Crippen LogP contribution in [-0.4, -0.2) is 10.9 Å². The van der Waals surface area contributed by atoms with Gasteiger partial charge in [0.25, 0.3) is 0 Å². The molecule has 0 radical (unpaired) electrons. The van der Waals surface area contributed by atoms with Crippen LogP contribution in [0.1, 0.15) is 29.7 Å². The van der Waals surface area contributed by atoms with Crippen molar-refractivity contribution in [3.63, 3.8) is 0 Å². The van der Waals surface area contributed by atoms with E-state index in [1.165, 1.54) is 0 Å². The number of anilines is 1. The van der Waals surface area contributed by atoms with Crippen LogP contribution < -0.4 is 5.32 Å². The van der Waals surface area contributed by atoms with Crippen LogP contribution in [0.2, 0.25) is 0 Å². The second kappa shape index (κ2) is 7.83. The number of nitrogens with one attached hydrogen (secondary N) is 1. The molecule has 0 spiro atoms. The summed E-state index contributed by atoms with van der Waals surface area (Å²) < 4.78 is 0.975. The van der Waals surface area contributed by atoms with Crippen molar-refractivity contribution in [1.82, 2.24) is 4.98 Å². The van der Waals surface area contributed by atoms with Gasteiger partial charge in [-0.15, -0.1) is 0 Å². The van der Waals surface area contributed by atoms with Gasteiger partial charge in [-0.2, -0.15) is 0 Å². The van der Waals surface area contributed by atoms with Crippen molar-refractivity contribution in [3.05, 3.63) is 82.1 Å². The van der Waals surface area contributed by atoms with Gasteiger partial charge in [0.1, 0.15) is 0 Å². The van der Waals surface area contributed by atoms with Gasteiger partial charge in [-0.05, 0) is 79.4 Å². The largest absolute Gasteiger partial charge is 0.326 e. The Morgan fingerprint density at radius 2 is 1.88 bits per heavy atom. The predicted octanol–water partition coefficient (Wildman–Crippen LogP) is 5.87. The van der Waals surface area contributed by atoms with Gasteiger partial charge in [0.05, 0.1) is 5.92 Å². The van der Waals surface area contributed by atoms with Crippen LogP contribution in [0.15, 0.2) is 65.3 Å². The third-order valence-electron chi connectivity index (χ3n) is 4.44. The monoisotopic (exact) mass is 408 g/mol. The summed E-state index contributed by atoms with van der Waals surface area (Å²) in [6.07, 6.45) is 1.82. The molecule has 1 amide bonds. The summed E-state index contributed by atoms with van der Waals surface area (Å²) in [6, 6.07) is 17.9. The summed E-state index contributed by atoms with van der Waals surface area (Å²) >= 11 is 3.45. The van der Waals surface area contributed by atoms with Crippen LogP contribution >= 0.6 is 15.9 Å². The summed E-state index contributed by atoms with van der Waals surface area (Å²) in [6.45, 7) is 5.95. The van der Waals surface area contributed by atoms with E-state index in [9.17, 15) is 4.79 Å². The number of benzene rings is 2. The van der Waals surface area contributed by atoms with Crippen LogP contribution in [0.3, 0.4) is 0 Å². The highest BCUT2D eigenvalue weighted by Crippen LogP contribution is 2.27. The number of rotatable bonds is 4. The molecular weight excluding hydrogens is 388 g/mol. The molecule has 0 bridgehead atoms. The van der Waals surface area contributed by atoms with Crippen molar-refractivity contribution in [2.24, 2.45) is 0 Å². The molecule has 1 N–H and O–H groups in total. The van der Waals surface area contributed by atoms with Crippen molar-refractivity contribution in [2.75, 3.05) is 5.32 Å². The molecule has 0 fully saturated rings. The molecule has 26 heavy (non-hydrogen) atoms. The van der Waals surface area contributed by atoms with Gasteiger partial charge in [-0.1, -0.05) is 34.1 Å². The molecule has 0 saturated heterocycles. The number of carbonyl (C=O) groups is 1. The molecule has 0 saturated carbocycles. The Morgan fingerprint density at radius 1 is 1.08 bits per heavy atom. The number of carbonyl (C=O) groups excluding carboxylic acids is 1. The zero-order chi connectivity index (χ0) is 18.7. The maximum atomic E-state index is 12.6. The van der Waals surface area contributed by atoms with E-state index in [2.05, 4.69) is 39.2 Å². The average molecular weight is 409 g/mol. The van der Waals surface area contributed by atoms with Gasteiger partial charge in [0.15, 0.2) is 0 Å². The second-order valence-electron chi connectivity index (χ2n) is 6.48. The zero-order valence-electron chi connectivity index (χ0n) is 15.1. The van der Waals surface area contributed by atoms with E-state index in [0.717, 1.165) is 38.1 Å². The molecule has 3 aromatic rings. The third kappa shape index (κ3) is 4.20. The minimum Gasteiger partial charge on any atom is -0.326 e. The lowest BCUT2D eigenvalue weighted by molar-refractivity contribution is -0.117. The molecule has 1 heterocycles. The van der Waals surface area contributed by atoms with Gasteiger partial charge in [0.2, 0.25) is 5.91 Å². The fourth-order valence-electron chi connectivity index (χ4n) is 2.96. The molecule has 1 aromatic heterocycles. The molecule has 3 nitrogen and oxygen atoms in total. The molecule has 0 aliphatic rings. The van der Waals surface area contributed by atoms with Crippen LogP contribution in [0.5, 0.6) is 0 Å². The first-order chi connectivity index (χ1) is 12.4. The van der Waals surface area contributed by atoms with Crippen molar-refractivity contribution in [1.29, 1.82) is 0 Å². The Hall–Kier alpha value is -2.46. The minimum atomic E-state index is -0.227. The first kappa shape index (κ1) is 18.3. The molecule has 2 aromatic carbocycles. The third-order valence-corrected chi connectivity index (χ3v) is 4.94. The number of nitrogens with zero attached hydrogens (tertiary/aromatic N) is 1. The molecule has 1 atom stereocenters. The highest BCUT2D eigenvalue weighted by molar-refractivity contribution is 9.10. The minimum absolute atomic E-state index is 0.0185. The van der Waals surface area contributed by atoms with Crippen LogP contribution in [-0.2, 0) is 4.79 Å². The lowest BCUT2D eigenvalue weighted by atomic mass is 9.99. The topological polar surface area (TPSA) is 42.0 Å². The van der Waals surface area contributed by atoms with E-state index >= 15 is 0 Å². The summed E-state index contributed by atoms with van der Waals surface area (Å²) in [4.78, 5) is 16.8. The Kier molecular flexibility index (Phi) is 5.52. The van der Waals surface area contributed by atoms with E-state index in [4.69, 9.17) is 0 Å². The fourth-order valence-corrected chi connectivity index (χ4v) is 3.37. The summed E-state index contributed by atoms with van der Waals surface area (Å²) in [5, 5.41) is 3.02. The standard InChI is InChI=1S/C22H21BrN2O/c1-14-11-20(7-8-21(14)18-9-10-24-15(2)12-18)25-22(26)16(3)17-5-4-6-19(23)13-17/h4-13,16H,1-3H3,(H,25,26). The molecule has 1 unspecified atom stereocenters. The van der Waals surface area contributed by atoms with Crippen LogP contribution in [0.25, 0.3) is 11.1 Å². The number of pyridine rings is 1. The quantitative estimate of drug-likeness (QED) is 0.586. The van der Waals surface area contributed by atoms with E-state index < -0.39 is 0 Å². The van der Waals surface area contributed by atoms with Crippen molar-refractivity contribution in [3.8, 4) is 11.1 Å². The Morgan fingerprint density at radius 3 is 2.58 bits per heavy atom. The normalized spacial score (nSPS) is 11.8. The number of aryl methyl sites for hydroxylation is 2. The zero-order valence-corrected chi connectivity index (χ0v) is 16.7. The molecular formula is C22H21BrN2O. The van der Waals surface area contributed by atoms with Crippen molar-refractivity contribution < 1.29 is 4.79 Å². The Labute approximate surface area is 162 Å². The molecule has 4 heteroatoms. The van der Waals surface area contributed by atoms with Crippen LogP contribution in [0, 0.1) is 13.8 Å². The number of hydrogen-bond donors (Lipinski definition) is 1. The molecule has 132 valence electrons. The van der Waals surface area contributed by atoms with Gasteiger partial charge in [-0.3, -0.25) is 9.78 Å². The lowest BCUT2D eigenvalue weighted by Gasteiger charge is -2.14. The lowest BCUT2D eigenvalue weighted by Crippen LogP contribution is -2.18. The van der Waals surface area contributed by atoms with Gasteiger partial charge in [-0.25, -0.2) is 0 Å². The van der Waals surface area contributed by atoms with Crippen molar-refractivity contribution >= 4 is 27.5 Å². The highest BCUT2D eigenvalue weighted by Gasteiger charge is 2.16. The van der Waals surface area contributed by atoms with E-state index in [1.807, 2.05) is 68.6 Å².